The highest BCUT2D eigenvalue weighted by molar-refractivity contribution is 7.10. The van der Waals surface area contributed by atoms with Crippen molar-refractivity contribution in [1.29, 1.82) is 0 Å². The van der Waals surface area contributed by atoms with Crippen LogP contribution in [0, 0.1) is 0 Å². The zero-order chi connectivity index (χ0) is 17.1. The minimum absolute atomic E-state index is 0.163. The number of hydrogen-bond acceptors (Lipinski definition) is 4. The Morgan fingerprint density at radius 3 is 2.80 bits per heavy atom. The number of nitrogens with one attached hydrogen (secondary N) is 1. The maximum atomic E-state index is 12.2. The van der Waals surface area contributed by atoms with Crippen LogP contribution in [0.5, 0.6) is 0 Å². The standard InChI is InChI=1S/C20H20N2O2S/c23-20(18-7-3-11-24-18)21-13-17(19-8-4-12-25-19)22-10-9-15-5-1-2-6-16(15)14-22/h1-8,11-12,17H,9-10,13-14H2,(H,21,23). The third kappa shape index (κ3) is 3.52. The molecule has 25 heavy (non-hydrogen) atoms. The van der Waals surface area contributed by atoms with Crippen LogP contribution in [0.3, 0.4) is 0 Å². The summed E-state index contributed by atoms with van der Waals surface area (Å²) in [5.74, 6) is 0.192. The maximum Gasteiger partial charge on any atom is 0.287 e. The van der Waals surface area contributed by atoms with Crippen molar-refractivity contribution in [3.63, 3.8) is 0 Å². The molecule has 4 nitrogen and oxygen atoms in total. The van der Waals surface area contributed by atoms with Crippen molar-refractivity contribution in [2.24, 2.45) is 0 Å². The Hall–Kier alpha value is -2.37. The molecule has 0 spiro atoms. The number of benzene rings is 1. The van der Waals surface area contributed by atoms with Gasteiger partial charge in [0.2, 0.25) is 0 Å². The van der Waals surface area contributed by atoms with E-state index in [1.165, 1.54) is 22.3 Å². The summed E-state index contributed by atoms with van der Waals surface area (Å²) in [4.78, 5) is 16.0. The van der Waals surface area contributed by atoms with Crippen LogP contribution in [0.15, 0.2) is 64.6 Å². The van der Waals surface area contributed by atoms with Crippen LogP contribution in [0.4, 0.5) is 0 Å². The fourth-order valence-electron chi connectivity index (χ4n) is 3.36. The smallest absolute Gasteiger partial charge is 0.287 e. The van der Waals surface area contributed by atoms with Crippen LogP contribution in [0.25, 0.3) is 0 Å². The van der Waals surface area contributed by atoms with Crippen LogP contribution in [-0.4, -0.2) is 23.9 Å². The number of fused-ring (bicyclic) bond motifs is 1. The number of nitrogens with zero attached hydrogens (tertiary/aromatic N) is 1. The number of rotatable bonds is 5. The lowest BCUT2D eigenvalue weighted by atomic mass is 9.98. The van der Waals surface area contributed by atoms with Gasteiger partial charge in [0.15, 0.2) is 5.76 Å². The summed E-state index contributed by atoms with van der Waals surface area (Å²) in [5.41, 5.74) is 2.82. The molecule has 2 aromatic heterocycles. The molecular weight excluding hydrogens is 332 g/mol. The van der Waals surface area contributed by atoms with E-state index in [-0.39, 0.29) is 11.9 Å². The second-order valence-electron chi connectivity index (χ2n) is 6.21. The van der Waals surface area contributed by atoms with Gasteiger partial charge >= 0.3 is 0 Å². The second kappa shape index (κ2) is 7.25. The molecule has 0 saturated carbocycles. The normalized spacial score (nSPS) is 15.5. The van der Waals surface area contributed by atoms with E-state index in [2.05, 4.69) is 52.0 Å². The van der Waals surface area contributed by atoms with Crippen molar-refractivity contribution in [3.8, 4) is 0 Å². The summed E-state index contributed by atoms with van der Waals surface area (Å²) in [5, 5.41) is 5.12. The van der Waals surface area contributed by atoms with Gasteiger partial charge in [0, 0.05) is 24.5 Å². The fourth-order valence-corrected chi connectivity index (χ4v) is 4.22. The fraction of sp³-hybridized carbons (Fsp3) is 0.250. The van der Waals surface area contributed by atoms with Gasteiger partial charge in [0.25, 0.3) is 5.91 Å². The third-order valence-corrected chi connectivity index (χ3v) is 5.65. The van der Waals surface area contributed by atoms with Crippen molar-refractivity contribution in [2.45, 2.75) is 19.0 Å². The van der Waals surface area contributed by atoms with Gasteiger partial charge in [-0.2, -0.15) is 0 Å². The molecule has 0 bridgehead atoms. The van der Waals surface area contributed by atoms with Crippen LogP contribution >= 0.6 is 11.3 Å². The Labute approximate surface area is 151 Å². The lowest BCUT2D eigenvalue weighted by Crippen LogP contribution is -2.40. The Kier molecular flexibility index (Phi) is 4.68. The van der Waals surface area contributed by atoms with Gasteiger partial charge < -0.3 is 9.73 Å². The number of carbonyl (C=O) groups excluding carboxylic acids is 1. The highest BCUT2D eigenvalue weighted by atomic mass is 32.1. The molecule has 4 rings (SSSR count). The molecule has 0 saturated heterocycles. The molecule has 1 aromatic carbocycles. The average molecular weight is 352 g/mol. The average Bonchev–Trinajstić information content (AvgIpc) is 3.35. The van der Waals surface area contributed by atoms with Gasteiger partial charge in [0.05, 0.1) is 12.3 Å². The van der Waals surface area contributed by atoms with Gasteiger partial charge in [0.1, 0.15) is 0 Å². The molecule has 3 aromatic rings. The second-order valence-corrected chi connectivity index (χ2v) is 7.19. The maximum absolute atomic E-state index is 12.2. The number of carbonyl (C=O) groups is 1. The molecular formula is C20H20N2O2S. The van der Waals surface area contributed by atoms with E-state index in [0.29, 0.717) is 12.3 Å². The number of amides is 1. The summed E-state index contributed by atoms with van der Waals surface area (Å²) < 4.78 is 5.19. The van der Waals surface area contributed by atoms with Gasteiger partial charge in [-0.1, -0.05) is 30.3 Å². The first-order valence-electron chi connectivity index (χ1n) is 8.47. The van der Waals surface area contributed by atoms with Crippen LogP contribution < -0.4 is 5.32 Å². The molecule has 1 unspecified atom stereocenters. The summed E-state index contributed by atoms with van der Waals surface area (Å²) in [7, 11) is 0. The SMILES string of the molecule is O=C(NCC(c1cccs1)N1CCc2ccccc2C1)c1ccco1. The van der Waals surface area contributed by atoms with Crippen molar-refractivity contribution >= 4 is 17.2 Å². The minimum atomic E-state index is -0.163. The lowest BCUT2D eigenvalue weighted by Gasteiger charge is -2.35. The third-order valence-electron chi connectivity index (χ3n) is 4.67. The van der Waals surface area contributed by atoms with Crippen LogP contribution in [0.2, 0.25) is 0 Å². The van der Waals surface area contributed by atoms with Crippen molar-refractivity contribution < 1.29 is 9.21 Å². The van der Waals surface area contributed by atoms with E-state index in [0.717, 1.165) is 19.5 Å². The van der Waals surface area contributed by atoms with Crippen LogP contribution in [0.1, 0.15) is 32.6 Å². The summed E-state index contributed by atoms with van der Waals surface area (Å²) >= 11 is 1.74. The highest BCUT2D eigenvalue weighted by Gasteiger charge is 2.26. The Morgan fingerprint density at radius 2 is 2.04 bits per heavy atom. The summed E-state index contributed by atoms with van der Waals surface area (Å²) in [6.45, 7) is 2.48. The molecule has 3 heterocycles. The quantitative estimate of drug-likeness (QED) is 0.758. The van der Waals surface area contributed by atoms with Crippen molar-refractivity contribution in [1.82, 2.24) is 10.2 Å². The highest BCUT2D eigenvalue weighted by Crippen LogP contribution is 2.30. The number of thiophene rings is 1. The molecule has 128 valence electrons. The van der Waals surface area contributed by atoms with E-state index in [1.807, 2.05) is 0 Å². The minimum Gasteiger partial charge on any atom is -0.459 e. The first-order valence-corrected chi connectivity index (χ1v) is 9.35. The van der Waals surface area contributed by atoms with Crippen molar-refractivity contribution in [2.75, 3.05) is 13.1 Å². The number of furan rings is 1. The van der Waals surface area contributed by atoms with E-state index in [9.17, 15) is 4.79 Å². The van der Waals surface area contributed by atoms with Crippen molar-refractivity contribution in [3.05, 3.63) is 81.9 Å². The Balaban J connectivity index is 1.50. The van der Waals surface area contributed by atoms with Gasteiger partial charge in [-0.3, -0.25) is 9.69 Å². The van der Waals surface area contributed by atoms with E-state index < -0.39 is 0 Å². The Morgan fingerprint density at radius 1 is 1.16 bits per heavy atom. The molecule has 1 aliphatic heterocycles. The monoisotopic (exact) mass is 352 g/mol. The largest absolute Gasteiger partial charge is 0.459 e. The topological polar surface area (TPSA) is 45.5 Å². The van der Waals surface area contributed by atoms with Crippen LogP contribution in [-0.2, 0) is 13.0 Å². The van der Waals surface area contributed by atoms with Gasteiger partial charge in [-0.25, -0.2) is 0 Å². The molecule has 1 aliphatic rings. The van der Waals surface area contributed by atoms with E-state index >= 15 is 0 Å². The lowest BCUT2D eigenvalue weighted by molar-refractivity contribution is 0.0901. The molecule has 1 amide bonds. The number of hydrogen-bond donors (Lipinski definition) is 1. The molecule has 5 heteroatoms. The molecule has 0 fully saturated rings. The summed E-state index contributed by atoms with van der Waals surface area (Å²) in [6.07, 6.45) is 2.57. The molecule has 1 atom stereocenters. The predicted octanol–water partition coefficient (Wildman–Crippen LogP) is 3.87. The first-order chi connectivity index (χ1) is 12.3. The van der Waals surface area contributed by atoms with Gasteiger partial charge in [-0.15, -0.1) is 11.3 Å². The van der Waals surface area contributed by atoms with E-state index in [1.54, 1.807) is 23.5 Å². The molecule has 0 aliphatic carbocycles. The first kappa shape index (κ1) is 16.1. The van der Waals surface area contributed by atoms with E-state index in [4.69, 9.17) is 4.42 Å². The summed E-state index contributed by atoms with van der Waals surface area (Å²) in [6, 6.07) is 16.4. The predicted molar refractivity (Wildman–Crippen MR) is 98.7 cm³/mol. The zero-order valence-corrected chi connectivity index (χ0v) is 14.7. The zero-order valence-electron chi connectivity index (χ0n) is 13.9. The van der Waals surface area contributed by atoms with Gasteiger partial charge in [-0.05, 0) is 41.1 Å². The molecule has 0 radical (unpaired) electrons. The molecule has 1 N–H and O–H groups in total. The Bertz CT molecular complexity index is 827.